The molecule has 2 amide bonds. The maximum Gasteiger partial charge on any atom is 0.407 e. The number of hydrogen-bond acceptors (Lipinski definition) is 5. The van der Waals surface area contributed by atoms with Crippen LogP contribution in [0.1, 0.15) is 36.7 Å². The summed E-state index contributed by atoms with van der Waals surface area (Å²) in [4.78, 5) is 24.2. The first-order chi connectivity index (χ1) is 16.4. The van der Waals surface area contributed by atoms with Crippen LogP contribution in [0, 0.1) is 15.2 Å². The normalized spacial score (nSPS) is 11.0. The number of anilines is 2. The maximum atomic E-state index is 14.4. The van der Waals surface area contributed by atoms with Crippen LogP contribution in [-0.4, -0.2) is 17.6 Å². The molecule has 0 aliphatic carbocycles. The number of ether oxygens (including phenoxy) is 2. The zero-order valence-electron chi connectivity index (χ0n) is 19.2. The second-order valence-corrected chi connectivity index (χ2v) is 9.79. The number of carbonyl (C=O) groups excluding carboxylic acids is 2. The van der Waals surface area contributed by atoms with Crippen LogP contribution in [0.4, 0.5) is 25.0 Å². The molecule has 0 bridgehead atoms. The molecule has 7 nitrogen and oxygen atoms in total. The summed E-state index contributed by atoms with van der Waals surface area (Å²) in [6.45, 7) is 5.42. The van der Waals surface area contributed by atoms with Gasteiger partial charge in [-0.25, -0.2) is 13.6 Å². The zero-order valence-corrected chi connectivity index (χ0v) is 21.4. The summed E-state index contributed by atoms with van der Waals surface area (Å²) in [5.74, 6) is -2.07. The molecule has 0 saturated carbocycles. The smallest absolute Gasteiger partial charge is 0.407 e. The van der Waals surface area contributed by atoms with Crippen molar-refractivity contribution < 1.29 is 27.8 Å². The Morgan fingerprint density at radius 2 is 1.77 bits per heavy atom. The molecular formula is C25H24F2IN3O4. The van der Waals surface area contributed by atoms with Gasteiger partial charge in [0.05, 0.1) is 11.4 Å². The highest BCUT2D eigenvalue weighted by Crippen LogP contribution is 2.34. The summed E-state index contributed by atoms with van der Waals surface area (Å²) >= 11 is 1.96. The van der Waals surface area contributed by atoms with Gasteiger partial charge in [-0.2, -0.15) is 0 Å². The first kappa shape index (κ1) is 26.2. The lowest BCUT2D eigenvalue weighted by atomic mass is 10.1. The van der Waals surface area contributed by atoms with Gasteiger partial charge in [0.1, 0.15) is 34.3 Å². The van der Waals surface area contributed by atoms with Crippen molar-refractivity contribution in [2.24, 2.45) is 5.73 Å². The van der Waals surface area contributed by atoms with Crippen LogP contribution in [0.3, 0.4) is 0 Å². The molecular weight excluding hydrogens is 571 g/mol. The van der Waals surface area contributed by atoms with Gasteiger partial charge in [-0.1, -0.05) is 12.1 Å². The summed E-state index contributed by atoms with van der Waals surface area (Å²) in [6, 6.07) is 13.1. The Bertz CT molecular complexity index is 1260. The topological polar surface area (TPSA) is 103 Å². The van der Waals surface area contributed by atoms with Gasteiger partial charge in [-0.05, 0) is 85.3 Å². The van der Waals surface area contributed by atoms with Gasteiger partial charge in [0, 0.05) is 16.2 Å². The van der Waals surface area contributed by atoms with E-state index in [9.17, 15) is 18.4 Å². The molecule has 3 rings (SSSR count). The van der Waals surface area contributed by atoms with E-state index in [0.717, 1.165) is 12.1 Å². The zero-order chi connectivity index (χ0) is 25.8. The minimum absolute atomic E-state index is 0.0414. The molecule has 0 atom stereocenters. The lowest BCUT2D eigenvalue weighted by Gasteiger charge is -2.19. The van der Waals surface area contributed by atoms with Crippen LogP contribution < -0.4 is 21.1 Å². The number of primary amides is 1. The largest absolute Gasteiger partial charge is 0.456 e. The quantitative estimate of drug-likeness (QED) is 0.281. The first-order valence-corrected chi connectivity index (χ1v) is 11.6. The van der Waals surface area contributed by atoms with Crippen molar-refractivity contribution in [1.29, 1.82) is 0 Å². The SMILES string of the molecule is CC(C)(C)OC(=O)NCc1cccc(Oc2cc(F)cc(Nc3ccc(I)cc3F)c2C(N)=O)c1. The van der Waals surface area contributed by atoms with E-state index in [1.165, 1.54) is 12.1 Å². The van der Waals surface area contributed by atoms with Crippen molar-refractivity contribution in [3.05, 3.63) is 80.9 Å². The molecule has 10 heteroatoms. The predicted octanol–water partition coefficient (Wildman–Crippen LogP) is 6.23. The molecule has 0 aliphatic rings. The van der Waals surface area contributed by atoms with Crippen molar-refractivity contribution in [3.63, 3.8) is 0 Å². The lowest BCUT2D eigenvalue weighted by Crippen LogP contribution is -2.32. The molecule has 184 valence electrons. The minimum atomic E-state index is -0.892. The Labute approximate surface area is 215 Å². The standard InChI is InChI=1S/C25H24F2IN3O4/c1-25(2,3)35-24(33)30-13-14-5-4-6-17(9-14)34-21-11-15(26)10-20(22(21)23(29)32)31-19-8-7-16(28)12-18(19)27/h4-12,31H,13H2,1-3H3,(H2,29,32)(H,30,33). The maximum absolute atomic E-state index is 14.4. The second-order valence-electron chi connectivity index (χ2n) is 8.54. The van der Waals surface area contributed by atoms with E-state index in [1.807, 2.05) is 22.6 Å². The summed E-state index contributed by atoms with van der Waals surface area (Å²) in [5.41, 5.74) is 5.44. The van der Waals surface area contributed by atoms with Crippen LogP contribution >= 0.6 is 22.6 Å². The van der Waals surface area contributed by atoms with Gasteiger partial charge < -0.3 is 25.8 Å². The fraction of sp³-hybridized carbons (Fsp3) is 0.200. The number of rotatable bonds is 7. The lowest BCUT2D eigenvalue weighted by molar-refractivity contribution is 0.0523. The predicted molar refractivity (Wildman–Crippen MR) is 137 cm³/mol. The third kappa shape index (κ3) is 7.54. The molecule has 0 spiro atoms. The summed E-state index contributed by atoms with van der Waals surface area (Å²) < 4.78 is 40.4. The van der Waals surface area contributed by atoms with E-state index in [0.29, 0.717) is 9.13 Å². The molecule has 0 heterocycles. The third-order valence-corrected chi connectivity index (χ3v) is 5.15. The summed E-state index contributed by atoms with van der Waals surface area (Å²) in [5, 5.41) is 5.35. The van der Waals surface area contributed by atoms with Gasteiger partial charge in [-0.3, -0.25) is 4.79 Å². The molecule has 35 heavy (non-hydrogen) atoms. The van der Waals surface area contributed by atoms with Crippen LogP contribution in [0.25, 0.3) is 0 Å². The number of nitrogens with two attached hydrogens (primary N) is 1. The van der Waals surface area contributed by atoms with Gasteiger partial charge in [0.15, 0.2) is 0 Å². The van der Waals surface area contributed by atoms with E-state index in [2.05, 4.69) is 10.6 Å². The van der Waals surface area contributed by atoms with Crippen LogP contribution in [0.15, 0.2) is 54.6 Å². The number of amides is 2. The number of benzene rings is 3. The van der Waals surface area contributed by atoms with E-state index >= 15 is 0 Å². The fourth-order valence-corrected chi connectivity index (χ4v) is 3.54. The molecule has 0 fully saturated rings. The first-order valence-electron chi connectivity index (χ1n) is 10.5. The third-order valence-electron chi connectivity index (χ3n) is 4.48. The number of nitrogens with one attached hydrogen (secondary N) is 2. The Morgan fingerprint density at radius 3 is 2.43 bits per heavy atom. The highest BCUT2D eigenvalue weighted by atomic mass is 127. The van der Waals surface area contributed by atoms with E-state index in [4.69, 9.17) is 15.2 Å². The monoisotopic (exact) mass is 595 g/mol. The molecule has 0 aliphatic heterocycles. The Hall–Kier alpha value is -3.41. The van der Waals surface area contributed by atoms with Crippen molar-refractivity contribution >= 4 is 46.0 Å². The Balaban J connectivity index is 1.85. The average molecular weight is 595 g/mol. The molecule has 0 saturated heterocycles. The average Bonchev–Trinajstić information content (AvgIpc) is 2.73. The summed E-state index contributed by atoms with van der Waals surface area (Å²) in [7, 11) is 0. The number of carbonyl (C=O) groups is 2. The second kappa shape index (κ2) is 10.9. The van der Waals surface area contributed by atoms with E-state index < -0.39 is 29.2 Å². The molecule has 0 unspecified atom stereocenters. The van der Waals surface area contributed by atoms with E-state index in [1.54, 1.807) is 51.1 Å². The van der Waals surface area contributed by atoms with Crippen molar-refractivity contribution in [1.82, 2.24) is 5.32 Å². The highest BCUT2D eigenvalue weighted by Gasteiger charge is 2.20. The van der Waals surface area contributed by atoms with Gasteiger partial charge in [0.2, 0.25) is 0 Å². The van der Waals surface area contributed by atoms with Crippen LogP contribution in [0.5, 0.6) is 11.5 Å². The molecule has 3 aromatic rings. The molecule has 4 N–H and O–H groups in total. The molecule has 0 radical (unpaired) electrons. The summed E-state index contributed by atoms with van der Waals surface area (Å²) in [6.07, 6.45) is -0.580. The molecule has 3 aromatic carbocycles. The number of hydrogen-bond donors (Lipinski definition) is 3. The van der Waals surface area contributed by atoms with Crippen LogP contribution in [-0.2, 0) is 11.3 Å². The van der Waals surface area contributed by atoms with E-state index in [-0.39, 0.29) is 35.0 Å². The number of alkyl carbamates (subject to hydrolysis) is 1. The van der Waals surface area contributed by atoms with Gasteiger partial charge in [-0.15, -0.1) is 0 Å². The van der Waals surface area contributed by atoms with Crippen molar-refractivity contribution in [2.45, 2.75) is 32.9 Å². The molecule has 0 aromatic heterocycles. The number of halogens is 3. The van der Waals surface area contributed by atoms with Gasteiger partial charge >= 0.3 is 6.09 Å². The van der Waals surface area contributed by atoms with Crippen molar-refractivity contribution in [2.75, 3.05) is 5.32 Å². The Morgan fingerprint density at radius 1 is 1.03 bits per heavy atom. The highest BCUT2D eigenvalue weighted by molar-refractivity contribution is 14.1. The van der Waals surface area contributed by atoms with Gasteiger partial charge in [0.25, 0.3) is 5.91 Å². The fourth-order valence-electron chi connectivity index (χ4n) is 3.09. The minimum Gasteiger partial charge on any atom is -0.456 e. The Kier molecular flexibility index (Phi) is 8.15. The van der Waals surface area contributed by atoms with Crippen molar-refractivity contribution in [3.8, 4) is 11.5 Å². The van der Waals surface area contributed by atoms with Crippen LogP contribution in [0.2, 0.25) is 0 Å².